The van der Waals surface area contributed by atoms with Gasteiger partial charge in [0.2, 0.25) is 0 Å². The molecule has 1 aromatic heterocycles. The number of nitrogen functional groups attached to an aromatic ring is 1. The van der Waals surface area contributed by atoms with Gasteiger partial charge in [0.15, 0.2) is 0 Å². The van der Waals surface area contributed by atoms with E-state index in [1.165, 1.54) is 0 Å². The number of hydrogen-bond acceptors (Lipinski definition) is 4. The third kappa shape index (κ3) is 3.75. The van der Waals surface area contributed by atoms with Gasteiger partial charge in [0.25, 0.3) is 0 Å². The highest BCUT2D eigenvalue weighted by Crippen LogP contribution is 2.18. The van der Waals surface area contributed by atoms with Crippen LogP contribution in [0.5, 0.6) is 0 Å². The summed E-state index contributed by atoms with van der Waals surface area (Å²) in [6, 6.07) is 1.89. The molecule has 4 heteroatoms. The van der Waals surface area contributed by atoms with E-state index in [-0.39, 0.29) is 6.10 Å². The van der Waals surface area contributed by atoms with Crippen LogP contribution in [0.4, 0.5) is 11.5 Å². The van der Waals surface area contributed by atoms with Gasteiger partial charge in [0.1, 0.15) is 5.82 Å². The normalized spacial score (nSPS) is 12.5. The van der Waals surface area contributed by atoms with Crippen LogP contribution in [0.3, 0.4) is 0 Å². The van der Waals surface area contributed by atoms with Gasteiger partial charge in [-0.1, -0.05) is 0 Å². The molecule has 1 atom stereocenters. The Bertz CT molecular complexity index is 313. The molecule has 1 rings (SSSR count). The summed E-state index contributed by atoms with van der Waals surface area (Å²) in [7, 11) is 0. The van der Waals surface area contributed by atoms with Gasteiger partial charge in [-0.15, -0.1) is 0 Å². The lowest BCUT2D eigenvalue weighted by molar-refractivity contribution is 0.183. The van der Waals surface area contributed by atoms with E-state index in [0.717, 1.165) is 30.8 Å². The van der Waals surface area contributed by atoms with Crippen molar-refractivity contribution in [3.63, 3.8) is 0 Å². The Kier molecular flexibility index (Phi) is 4.37. The van der Waals surface area contributed by atoms with Gasteiger partial charge >= 0.3 is 0 Å². The first-order chi connectivity index (χ1) is 7.11. The van der Waals surface area contributed by atoms with E-state index >= 15 is 0 Å². The van der Waals surface area contributed by atoms with E-state index in [1.807, 2.05) is 13.0 Å². The second kappa shape index (κ2) is 5.56. The number of pyridine rings is 1. The van der Waals surface area contributed by atoms with Crippen LogP contribution in [-0.4, -0.2) is 22.7 Å². The molecule has 0 spiro atoms. The van der Waals surface area contributed by atoms with Crippen molar-refractivity contribution in [1.82, 2.24) is 4.98 Å². The molecule has 0 aliphatic rings. The molecule has 0 amide bonds. The number of aryl methyl sites for hydroxylation is 1. The number of nitrogens with zero attached hydrogens (tertiary/aromatic N) is 1. The molecule has 0 aromatic carbocycles. The molecular formula is C11H19N3O. The van der Waals surface area contributed by atoms with E-state index in [0.29, 0.717) is 5.69 Å². The predicted molar refractivity (Wildman–Crippen MR) is 62.8 cm³/mol. The SMILES string of the molecule is Cc1ccnc(NCCCC(C)O)c1N. The maximum atomic E-state index is 9.08. The molecule has 84 valence electrons. The molecule has 0 bridgehead atoms. The highest BCUT2D eigenvalue weighted by Gasteiger charge is 2.02. The van der Waals surface area contributed by atoms with Crippen molar-refractivity contribution in [3.8, 4) is 0 Å². The summed E-state index contributed by atoms with van der Waals surface area (Å²) < 4.78 is 0. The Morgan fingerprint density at radius 2 is 2.33 bits per heavy atom. The highest BCUT2D eigenvalue weighted by molar-refractivity contribution is 5.64. The second-order valence-electron chi connectivity index (χ2n) is 3.81. The van der Waals surface area contributed by atoms with Crippen molar-refractivity contribution in [1.29, 1.82) is 0 Å². The number of rotatable bonds is 5. The summed E-state index contributed by atoms with van der Waals surface area (Å²) >= 11 is 0. The lowest BCUT2D eigenvalue weighted by atomic mass is 10.2. The number of nitrogens with one attached hydrogen (secondary N) is 1. The van der Waals surface area contributed by atoms with Gasteiger partial charge in [0.05, 0.1) is 11.8 Å². The predicted octanol–water partition coefficient (Wildman–Crippen LogP) is 1.55. The average molecular weight is 209 g/mol. The van der Waals surface area contributed by atoms with Gasteiger partial charge in [-0.25, -0.2) is 4.98 Å². The molecule has 1 unspecified atom stereocenters. The third-order valence-electron chi connectivity index (χ3n) is 2.30. The molecular weight excluding hydrogens is 190 g/mol. The van der Waals surface area contributed by atoms with Crippen LogP contribution in [0, 0.1) is 6.92 Å². The Morgan fingerprint density at radius 1 is 1.60 bits per heavy atom. The lowest BCUT2D eigenvalue weighted by Crippen LogP contribution is -2.09. The molecule has 1 heterocycles. The maximum absolute atomic E-state index is 9.08. The number of aliphatic hydroxyl groups excluding tert-OH is 1. The summed E-state index contributed by atoms with van der Waals surface area (Å²) in [4.78, 5) is 4.16. The zero-order valence-electron chi connectivity index (χ0n) is 9.33. The van der Waals surface area contributed by atoms with Crippen LogP contribution in [0.2, 0.25) is 0 Å². The summed E-state index contributed by atoms with van der Waals surface area (Å²) in [5.41, 5.74) is 7.58. The lowest BCUT2D eigenvalue weighted by Gasteiger charge is -2.10. The first-order valence-electron chi connectivity index (χ1n) is 5.24. The number of hydrogen-bond donors (Lipinski definition) is 3. The fourth-order valence-electron chi connectivity index (χ4n) is 1.31. The molecule has 0 aliphatic heterocycles. The van der Waals surface area contributed by atoms with Crippen LogP contribution in [-0.2, 0) is 0 Å². The first kappa shape index (κ1) is 11.8. The molecule has 1 aromatic rings. The molecule has 0 aliphatic carbocycles. The maximum Gasteiger partial charge on any atom is 0.149 e. The second-order valence-corrected chi connectivity index (χ2v) is 3.81. The summed E-state index contributed by atoms with van der Waals surface area (Å²) in [5, 5.41) is 12.2. The quantitative estimate of drug-likeness (QED) is 0.643. The Labute approximate surface area is 90.5 Å². The number of anilines is 2. The van der Waals surface area contributed by atoms with Crippen molar-refractivity contribution < 1.29 is 5.11 Å². The van der Waals surface area contributed by atoms with Gasteiger partial charge in [-0.3, -0.25) is 0 Å². The zero-order chi connectivity index (χ0) is 11.3. The van der Waals surface area contributed by atoms with Crippen LogP contribution < -0.4 is 11.1 Å². The number of aromatic nitrogens is 1. The molecule has 15 heavy (non-hydrogen) atoms. The highest BCUT2D eigenvalue weighted by atomic mass is 16.3. The minimum absolute atomic E-state index is 0.241. The molecule has 0 fully saturated rings. The van der Waals surface area contributed by atoms with E-state index < -0.39 is 0 Å². The standard InChI is InChI=1S/C11H19N3O/c1-8-5-7-14-11(10(8)12)13-6-3-4-9(2)15/h5,7,9,15H,3-4,6,12H2,1-2H3,(H,13,14). The molecule has 0 saturated carbocycles. The largest absolute Gasteiger partial charge is 0.396 e. The molecule has 0 radical (unpaired) electrons. The first-order valence-corrected chi connectivity index (χ1v) is 5.24. The van der Waals surface area contributed by atoms with Crippen LogP contribution in [0.15, 0.2) is 12.3 Å². The van der Waals surface area contributed by atoms with E-state index in [1.54, 1.807) is 13.1 Å². The Balaban J connectivity index is 2.41. The van der Waals surface area contributed by atoms with Gasteiger partial charge in [-0.2, -0.15) is 0 Å². The number of nitrogens with two attached hydrogens (primary N) is 1. The Morgan fingerprint density at radius 3 is 3.00 bits per heavy atom. The van der Waals surface area contributed by atoms with Crippen molar-refractivity contribution in [3.05, 3.63) is 17.8 Å². The van der Waals surface area contributed by atoms with Gasteiger partial charge < -0.3 is 16.2 Å². The van der Waals surface area contributed by atoms with Crippen LogP contribution in [0.25, 0.3) is 0 Å². The molecule has 0 saturated heterocycles. The van der Waals surface area contributed by atoms with Crippen molar-refractivity contribution in [2.75, 3.05) is 17.6 Å². The number of aliphatic hydroxyl groups is 1. The monoisotopic (exact) mass is 209 g/mol. The fourth-order valence-corrected chi connectivity index (χ4v) is 1.31. The minimum Gasteiger partial charge on any atom is -0.396 e. The third-order valence-corrected chi connectivity index (χ3v) is 2.30. The minimum atomic E-state index is -0.241. The van der Waals surface area contributed by atoms with Crippen molar-refractivity contribution in [2.45, 2.75) is 32.8 Å². The summed E-state index contributed by atoms with van der Waals surface area (Å²) in [6.45, 7) is 4.53. The zero-order valence-corrected chi connectivity index (χ0v) is 9.33. The van der Waals surface area contributed by atoms with Crippen LogP contribution >= 0.6 is 0 Å². The Hall–Kier alpha value is -1.29. The molecule has 4 N–H and O–H groups in total. The van der Waals surface area contributed by atoms with Crippen LogP contribution in [0.1, 0.15) is 25.3 Å². The average Bonchev–Trinajstić information content (AvgIpc) is 2.18. The van der Waals surface area contributed by atoms with E-state index in [4.69, 9.17) is 10.8 Å². The summed E-state index contributed by atoms with van der Waals surface area (Å²) in [5.74, 6) is 0.737. The van der Waals surface area contributed by atoms with Crippen molar-refractivity contribution >= 4 is 11.5 Å². The summed E-state index contributed by atoms with van der Waals surface area (Å²) in [6.07, 6.45) is 3.20. The molecule has 4 nitrogen and oxygen atoms in total. The van der Waals surface area contributed by atoms with Gasteiger partial charge in [-0.05, 0) is 38.3 Å². The fraction of sp³-hybridized carbons (Fsp3) is 0.545. The van der Waals surface area contributed by atoms with E-state index in [2.05, 4.69) is 10.3 Å². The smallest absolute Gasteiger partial charge is 0.149 e. The topological polar surface area (TPSA) is 71.2 Å². The van der Waals surface area contributed by atoms with Crippen molar-refractivity contribution in [2.24, 2.45) is 0 Å². The van der Waals surface area contributed by atoms with E-state index in [9.17, 15) is 0 Å². The van der Waals surface area contributed by atoms with Gasteiger partial charge in [0, 0.05) is 12.7 Å².